The van der Waals surface area contributed by atoms with Gasteiger partial charge in [0.2, 0.25) is 0 Å². The van der Waals surface area contributed by atoms with Crippen LogP contribution in [0.5, 0.6) is 0 Å². The van der Waals surface area contributed by atoms with E-state index >= 15 is 0 Å². The van der Waals surface area contributed by atoms with E-state index in [1.807, 2.05) is 30.3 Å². The molecule has 0 bridgehead atoms. The van der Waals surface area contributed by atoms with E-state index in [9.17, 15) is 9.59 Å². The summed E-state index contributed by atoms with van der Waals surface area (Å²) in [6, 6.07) is 9.68. The van der Waals surface area contributed by atoms with Gasteiger partial charge in [0.25, 0.3) is 0 Å². The van der Waals surface area contributed by atoms with Gasteiger partial charge in [0, 0.05) is 25.4 Å². The Bertz CT molecular complexity index is 472. The second kappa shape index (κ2) is 6.66. The standard InChI is InChI=1S/C16H21NO3/c1-3-20-16(19)15-11-14(18)9-10-17(15)12(2)13-7-5-4-6-8-13/h4-8,12,15H,3,9-11H2,1-2H3/t12-,15?/m1/s1. The lowest BCUT2D eigenvalue weighted by Crippen LogP contribution is -2.49. The highest BCUT2D eigenvalue weighted by molar-refractivity contribution is 5.87. The van der Waals surface area contributed by atoms with Gasteiger partial charge in [-0.2, -0.15) is 0 Å². The molecule has 1 fully saturated rings. The molecule has 1 aromatic carbocycles. The van der Waals surface area contributed by atoms with Crippen LogP contribution in [0.4, 0.5) is 0 Å². The highest BCUT2D eigenvalue weighted by atomic mass is 16.5. The summed E-state index contributed by atoms with van der Waals surface area (Å²) in [6.07, 6.45) is 0.767. The number of ketones is 1. The summed E-state index contributed by atoms with van der Waals surface area (Å²) in [5.41, 5.74) is 1.15. The van der Waals surface area contributed by atoms with Gasteiger partial charge < -0.3 is 4.74 Å². The van der Waals surface area contributed by atoms with Crippen molar-refractivity contribution in [2.45, 2.75) is 38.8 Å². The Balaban J connectivity index is 2.18. The minimum Gasteiger partial charge on any atom is -0.465 e. The number of hydrogen-bond acceptors (Lipinski definition) is 4. The lowest BCUT2D eigenvalue weighted by molar-refractivity contribution is -0.154. The molecule has 0 spiro atoms. The van der Waals surface area contributed by atoms with Crippen LogP contribution >= 0.6 is 0 Å². The fourth-order valence-electron chi connectivity index (χ4n) is 2.69. The first-order chi connectivity index (χ1) is 9.63. The number of carbonyl (C=O) groups excluding carboxylic acids is 2. The highest BCUT2D eigenvalue weighted by Crippen LogP contribution is 2.27. The summed E-state index contributed by atoms with van der Waals surface area (Å²) >= 11 is 0. The maximum atomic E-state index is 12.1. The van der Waals surface area contributed by atoms with Crippen LogP contribution in [0.1, 0.15) is 38.3 Å². The third-order valence-electron chi connectivity index (χ3n) is 3.81. The molecule has 4 nitrogen and oxygen atoms in total. The zero-order valence-electron chi connectivity index (χ0n) is 12.0. The molecule has 1 saturated heterocycles. The van der Waals surface area contributed by atoms with Crippen LogP contribution in [0.3, 0.4) is 0 Å². The van der Waals surface area contributed by atoms with Crippen molar-refractivity contribution in [1.29, 1.82) is 0 Å². The number of esters is 1. The van der Waals surface area contributed by atoms with Crippen molar-refractivity contribution in [3.05, 3.63) is 35.9 Å². The number of Topliss-reactive ketones (excluding diaryl/α,β-unsaturated/α-hetero) is 1. The van der Waals surface area contributed by atoms with E-state index in [-0.39, 0.29) is 24.2 Å². The predicted octanol–water partition coefficient (Wildman–Crippen LogP) is 2.34. The number of hydrogen-bond donors (Lipinski definition) is 0. The molecule has 0 N–H and O–H groups in total. The van der Waals surface area contributed by atoms with Crippen molar-refractivity contribution in [3.8, 4) is 0 Å². The van der Waals surface area contributed by atoms with Crippen molar-refractivity contribution in [3.63, 3.8) is 0 Å². The van der Waals surface area contributed by atoms with E-state index in [0.717, 1.165) is 5.56 Å². The second-order valence-electron chi connectivity index (χ2n) is 5.09. The molecule has 20 heavy (non-hydrogen) atoms. The van der Waals surface area contributed by atoms with Crippen molar-refractivity contribution >= 4 is 11.8 Å². The van der Waals surface area contributed by atoms with Crippen LogP contribution in [0, 0.1) is 0 Å². The van der Waals surface area contributed by atoms with Gasteiger partial charge >= 0.3 is 5.97 Å². The number of likely N-dealkylation sites (tertiary alicyclic amines) is 1. The second-order valence-corrected chi connectivity index (χ2v) is 5.09. The van der Waals surface area contributed by atoms with Gasteiger partial charge in [-0.3, -0.25) is 14.5 Å². The Kier molecular flexibility index (Phi) is 4.90. The lowest BCUT2D eigenvalue weighted by atomic mass is 9.96. The van der Waals surface area contributed by atoms with Gasteiger partial charge in [0.15, 0.2) is 0 Å². The fraction of sp³-hybridized carbons (Fsp3) is 0.500. The van der Waals surface area contributed by atoms with Crippen LogP contribution in [-0.4, -0.2) is 35.8 Å². The Hall–Kier alpha value is -1.68. The summed E-state index contributed by atoms with van der Waals surface area (Å²) in [5.74, 6) is -0.150. The number of piperidine rings is 1. The molecule has 0 aliphatic carbocycles. The number of benzene rings is 1. The van der Waals surface area contributed by atoms with E-state index in [1.54, 1.807) is 6.92 Å². The molecule has 0 aromatic heterocycles. The lowest BCUT2D eigenvalue weighted by Gasteiger charge is -2.37. The number of nitrogens with zero attached hydrogens (tertiary/aromatic N) is 1. The molecule has 2 rings (SSSR count). The number of carbonyl (C=O) groups is 2. The van der Waals surface area contributed by atoms with Gasteiger partial charge in [-0.1, -0.05) is 30.3 Å². The fourth-order valence-corrected chi connectivity index (χ4v) is 2.69. The largest absolute Gasteiger partial charge is 0.465 e. The van der Waals surface area contributed by atoms with Crippen molar-refractivity contribution < 1.29 is 14.3 Å². The van der Waals surface area contributed by atoms with E-state index in [2.05, 4.69) is 11.8 Å². The van der Waals surface area contributed by atoms with Crippen LogP contribution < -0.4 is 0 Å². The van der Waals surface area contributed by atoms with E-state index < -0.39 is 6.04 Å². The summed E-state index contributed by atoms with van der Waals surface area (Å²) in [5, 5.41) is 0. The smallest absolute Gasteiger partial charge is 0.323 e. The average molecular weight is 275 g/mol. The predicted molar refractivity (Wildman–Crippen MR) is 76.2 cm³/mol. The zero-order valence-corrected chi connectivity index (χ0v) is 12.0. The molecule has 0 radical (unpaired) electrons. The minimum absolute atomic E-state index is 0.0960. The third-order valence-corrected chi connectivity index (χ3v) is 3.81. The quantitative estimate of drug-likeness (QED) is 0.791. The first-order valence-corrected chi connectivity index (χ1v) is 7.12. The number of ether oxygens (including phenoxy) is 1. The maximum Gasteiger partial charge on any atom is 0.323 e. The van der Waals surface area contributed by atoms with E-state index in [4.69, 9.17) is 4.74 Å². The first-order valence-electron chi connectivity index (χ1n) is 7.12. The van der Waals surface area contributed by atoms with E-state index in [0.29, 0.717) is 19.6 Å². The zero-order chi connectivity index (χ0) is 14.5. The molecule has 1 aliphatic heterocycles. The summed E-state index contributed by atoms with van der Waals surface area (Å²) in [6.45, 7) is 4.81. The third kappa shape index (κ3) is 3.25. The van der Waals surface area contributed by atoms with Crippen molar-refractivity contribution in [2.75, 3.05) is 13.2 Å². The molecule has 1 unspecified atom stereocenters. The van der Waals surface area contributed by atoms with Crippen LogP contribution in [-0.2, 0) is 14.3 Å². The minimum atomic E-state index is -0.452. The average Bonchev–Trinajstić information content (AvgIpc) is 2.47. The first kappa shape index (κ1) is 14.7. The Morgan fingerprint density at radius 1 is 1.40 bits per heavy atom. The van der Waals surface area contributed by atoms with E-state index in [1.165, 1.54) is 0 Å². The van der Waals surface area contributed by atoms with Crippen LogP contribution in [0.15, 0.2) is 30.3 Å². The van der Waals surface area contributed by atoms with Gasteiger partial charge in [0.1, 0.15) is 11.8 Å². The summed E-state index contributed by atoms with van der Waals surface area (Å²) in [7, 11) is 0. The molecular formula is C16H21NO3. The Morgan fingerprint density at radius 3 is 2.75 bits per heavy atom. The molecule has 1 heterocycles. The van der Waals surface area contributed by atoms with Gasteiger partial charge in [-0.15, -0.1) is 0 Å². The van der Waals surface area contributed by atoms with Crippen LogP contribution in [0.2, 0.25) is 0 Å². The monoisotopic (exact) mass is 275 g/mol. The molecule has 0 amide bonds. The SMILES string of the molecule is CCOC(=O)C1CC(=O)CCN1[C@H](C)c1ccccc1. The van der Waals surface area contributed by atoms with Gasteiger partial charge in [-0.05, 0) is 19.4 Å². The van der Waals surface area contributed by atoms with Gasteiger partial charge in [0.05, 0.1) is 6.61 Å². The highest BCUT2D eigenvalue weighted by Gasteiger charge is 2.36. The van der Waals surface area contributed by atoms with Crippen LogP contribution in [0.25, 0.3) is 0 Å². The Morgan fingerprint density at radius 2 is 2.10 bits per heavy atom. The normalized spacial score (nSPS) is 21.5. The Labute approximate surface area is 119 Å². The summed E-state index contributed by atoms with van der Waals surface area (Å²) in [4.78, 5) is 25.8. The molecule has 1 aromatic rings. The molecule has 4 heteroatoms. The maximum absolute atomic E-state index is 12.1. The number of rotatable bonds is 4. The molecule has 0 saturated carbocycles. The van der Waals surface area contributed by atoms with Gasteiger partial charge in [-0.25, -0.2) is 0 Å². The summed E-state index contributed by atoms with van der Waals surface area (Å²) < 4.78 is 5.11. The van der Waals surface area contributed by atoms with Crippen molar-refractivity contribution in [2.24, 2.45) is 0 Å². The molecule has 108 valence electrons. The topological polar surface area (TPSA) is 46.6 Å². The van der Waals surface area contributed by atoms with Crippen molar-refractivity contribution in [1.82, 2.24) is 4.90 Å². The molecule has 1 aliphatic rings. The molecule has 2 atom stereocenters. The molecular weight excluding hydrogens is 254 g/mol.